The SMILES string of the molecule is CSCC(CN)c1cccc(O)c1. The Labute approximate surface area is 83.1 Å². The van der Waals surface area contributed by atoms with E-state index in [4.69, 9.17) is 5.73 Å². The van der Waals surface area contributed by atoms with Crippen molar-refractivity contribution in [2.75, 3.05) is 18.6 Å². The highest BCUT2D eigenvalue weighted by Crippen LogP contribution is 2.21. The van der Waals surface area contributed by atoms with Gasteiger partial charge in [-0.25, -0.2) is 0 Å². The molecule has 2 nitrogen and oxygen atoms in total. The van der Waals surface area contributed by atoms with Crippen LogP contribution in [0.15, 0.2) is 24.3 Å². The molecule has 72 valence electrons. The van der Waals surface area contributed by atoms with Crippen LogP contribution in [0.1, 0.15) is 11.5 Å². The topological polar surface area (TPSA) is 46.2 Å². The van der Waals surface area contributed by atoms with E-state index in [2.05, 4.69) is 6.26 Å². The molecule has 0 radical (unpaired) electrons. The lowest BCUT2D eigenvalue weighted by Crippen LogP contribution is -2.14. The van der Waals surface area contributed by atoms with Crippen molar-refractivity contribution in [2.24, 2.45) is 5.73 Å². The van der Waals surface area contributed by atoms with E-state index >= 15 is 0 Å². The summed E-state index contributed by atoms with van der Waals surface area (Å²) in [5, 5.41) is 9.28. The zero-order valence-electron chi connectivity index (χ0n) is 7.73. The summed E-state index contributed by atoms with van der Waals surface area (Å²) >= 11 is 1.77. The van der Waals surface area contributed by atoms with Gasteiger partial charge in [-0.3, -0.25) is 0 Å². The normalized spacial score (nSPS) is 12.8. The summed E-state index contributed by atoms with van der Waals surface area (Å²) in [6, 6.07) is 7.32. The van der Waals surface area contributed by atoms with Crippen LogP contribution in [-0.2, 0) is 0 Å². The smallest absolute Gasteiger partial charge is 0.115 e. The molecule has 0 amide bonds. The first-order valence-electron chi connectivity index (χ1n) is 4.26. The molecule has 0 saturated carbocycles. The van der Waals surface area contributed by atoms with Crippen molar-refractivity contribution < 1.29 is 5.11 Å². The zero-order chi connectivity index (χ0) is 9.68. The van der Waals surface area contributed by atoms with Crippen LogP contribution < -0.4 is 5.73 Å². The average Bonchev–Trinajstić information content (AvgIpc) is 2.14. The Hall–Kier alpha value is -0.670. The third kappa shape index (κ3) is 2.94. The number of phenolic OH excluding ortho intramolecular Hbond substituents is 1. The van der Waals surface area contributed by atoms with Gasteiger partial charge in [0.1, 0.15) is 5.75 Å². The maximum absolute atomic E-state index is 9.28. The lowest BCUT2D eigenvalue weighted by atomic mass is 10.0. The molecule has 3 N–H and O–H groups in total. The monoisotopic (exact) mass is 197 g/mol. The van der Waals surface area contributed by atoms with Crippen LogP contribution in [0.4, 0.5) is 0 Å². The Balaban J connectivity index is 2.78. The van der Waals surface area contributed by atoms with Crippen LogP contribution >= 0.6 is 11.8 Å². The highest BCUT2D eigenvalue weighted by Gasteiger charge is 2.08. The van der Waals surface area contributed by atoms with Gasteiger partial charge in [0.05, 0.1) is 0 Å². The maximum Gasteiger partial charge on any atom is 0.115 e. The number of hydrogen-bond donors (Lipinski definition) is 2. The van der Waals surface area contributed by atoms with Crippen LogP contribution in [0.3, 0.4) is 0 Å². The van der Waals surface area contributed by atoms with Crippen molar-refractivity contribution in [3.8, 4) is 5.75 Å². The standard InChI is InChI=1S/C10H15NOS/c1-13-7-9(6-11)8-3-2-4-10(12)5-8/h2-5,9,12H,6-7,11H2,1H3. The van der Waals surface area contributed by atoms with E-state index < -0.39 is 0 Å². The fraction of sp³-hybridized carbons (Fsp3) is 0.400. The van der Waals surface area contributed by atoms with Crippen LogP contribution in [-0.4, -0.2) is 23.7 Å². The molecule has 1 unspecified atom stereocenters. The van der Waals surface area contributed by atoms with Crippen molar-refractivity contribution in [2.45, 2.75) is 5.92 Å². The van der Waals surface area contributed by atoms with Crippen LogP contribution in [0.5, 0.6) is 5.75 Å². The number of hydrogen-bond acceptors (Lipinski definition) is 3. The Morgan fingerprint density at radius 3 is 2.85 bits per heavy atom. The quantitative estimate of drug-likeness (QED) is 0.773. The molecule has 1 atom stereocenters. The van der Waals surface area contributed by atoms with Crippen LogP contribution in [0, 0.1) is 0 Å². The van der Waals surface area contributed by atoms with Gasteiger partial charge < -0.3 is 10.8 Å². The highest BCUT2D eigenvalue weighted by molar-refractivity contribution is 7.98. The van der Waals surface area contributed by atoms with Crippen molar-refractivity contribution in [1.29, 1.82) is 0 Å². The maximum atomic E-state index is 9.28. The van der Waals surface area contributed by atoms with Gasteiger partial charge in [0.2, 0.25) is 0 Å². The first kappa shape index (κ1) is 10.4. The Morgan fingerprint density at radius 2 is 2.31 bits per heavy atom. The van der Waals surface area contributed by atoms with Gasteiger partial charge in [-0.1, -0.05) is 12.1 Å². The molecule has 0 spiro atoms. The van der Waals surface area contributed by atoms with E-state index in [0.29, 0.717) is 18.2 Å². The molecule has 0 saturated heterocycles. The fourth-order valence-corrected chi connectivity index (χ4v) is 2.01. The molecular formula is C10H15NOS. The number of thioether (sulfide) groups is 1. The zero-order valence-corrected chi connectivity index (χ0v) is 8.55. The fourth-order valence-electron chi connectivity index (χ4n) is 1.28. The second-order valence-electron chi connectivity index (χ2n) is 2.98. The van der Waals surface area contributed by atoms with Crippen molar-refractivity contribution >= 4 is 11.8 Å². The molecule has 0 bridgehead atoms. The molecule has 1 aromatic rings. The summed E-state index contributed by atoms with van der Waals surface area (Å²) in [6.45, 7) is 0.629. The molecule has 1 rings (SSSR count). The molecule has 0 aliphatic heterocycles. The van der Waals surface area contributed by atoms with Crippen LogP contribution in [0.2, 0.25) is 0 Å². The van der Waals surface area contributed by atoms with Gasteiger partial charge in [-0.2, -0.15) is 11.8 Å². The molecule has 0 aliphatic carbocycles. The van der Waals surface area contributed by atoms with E-state index in [9.17, 15) is 5.11 Å². The van der Waals surface area contributed by atoms with Crippen molar-refractivity contribution in [3.63, 3.8) is 0 Å². The summed E-state index contributed by atoms with van der Waals surface area (Å²) in [4.78, 5) is 0. The van der Waals surface area contributed by atoms with Crippen molar-refractivity contribution in [1.82, 2.24) is 0 Å². The molecule has 13 heavy (non-hydrogen) atoms. The number of aromatic hydroxyl groups is 1. The second-order valence-corrected chi connectivity index (χ2v) is 3.89. The molecule has 0 heterocycles. The Kier molecular flexibility index (Phi) is 4.12. The van der Waals surface area contributed by atoms with E-state index in [1.54, 1.807) is 23.9 Å². The predicted molar refractivity (Wildman–Crippen MR) is 58.3 cm³/mol. The molecule has 1 aromatic carbocycles. The minimum atomic E-state index is 0.317. The summed E-state index contributed by atoms with van der Waals surface area (Å²) in [7, 11) is 0. The Morgan fingerprint density at radius 1 is 1.54 bits per heavy atom. The molecule has 3 heteroatoms. The lowest BCUT2D eigenvalue weighted by Gasteiger charge is -2.13. The third-order valence-electron chi connectivity index (χ3n) is 1.99. The summed E-state index contributed by atoms with van der Waals surface area (Å²) in [5.74, 6) is 1.67. The van der Waals surface area contributed by atoms with Crippen molar-refractivity contribution in [3.05, 3.63) is 29.8 Å². The average molecular weight is 197 g/mol. The number of nitrogens with two attached hydrogens (primary N) is 1. The third-order valence-corrected chi connectivity index (χ3v) is 2.73. The van der Waals surface area contributed by atoms with E-state index in [0.717, 1.165) is 11.3 Å². The summed E-state index contributed by atoms with van der Waals surface area (Å²) in [6.07, 6.45) is 2.06. The number of benzene rings is 1. The number of phenols is 1. The molecule has 0 aliphatic rings. The summed E-state index contributed by atoms with van der Waals surface area (Å²) in [5.41, 5.74) is 6.77. The van der Waals surface area contributed by atoms with Gasteiger partial charge in [-0.05, 0) is 30.5 Å². The molecular weight excluding hydrogens is 182 g/mol. The van der Waals surface area contributed by atoms with Gasteiger partial charge >= 0.3 is 0 Å². The van der Waals surface area contributed by atoms with E-state index in [1.807, 2.05) is 12.1 Å². The van der Waals surface area contributed by atoms with Gasteiger partial charge in [-0.15, -0.1) is 0 Å². The van der Waals surface area contributed by atoms with Gasteiger partial charge in [0.15, 0.2) is 0 Å². The van der Waals surface area contributed by atoms with Gasteiger partial charge in [0, 0.05) is 11.7 Å². The number of rotatable bonds is 4. The highest BCUT2D eigenvalue weighted by atomic mass is 32.2. The first-order chi connectivity index (χ1) is 6.27. The first-order valence-corrected chi connectivity index (χ1v) is 5.65. The summed E-state index contributed by atoms with van der Waals surface area (Å²) < 4.78 is 0. The predicted octanol–water partition coefficient (Wildman–Crippen LogP) is 1.80. The van der Waals surface area contributed by atoms with E-state index in [-0.39, 0.29) is 0 Å². The van der Waals surface area contributed by atoms with Crippen LogP contribution in [0.25, 0.3) is 0 Å². The van der Waals surface area contributed by atoms with Gasteiger partial charge in [0.25, 0.3) is 0 Å². The minimum Gasteiger partial charge on any atom is -0.508 e. The largest absolute Gasteiger partial charge is 0.508 e. The van der Waals surface area contributed by atoms with E-state index in [1.165, 1.54) is 0 Å². The minimum absolute atomic E-state index is 0.317. The second kappa shape index (κ2) is 5.14. The molecule has 0 aromatic heterocycles. The Bertz CT molecular complexity index is 265. The molecule has 0 fully saturated rings. The lowest BCUT2D eigenvalue weighted by molar-refractivity contribution is 0.474.